The highest BCUT2D eigenvalue weighted by Crippen LogP contribution is 2.25. The van der Waals surface area contributed by atoms with Gasteiger partial charge in [-0.1, -0.05) is 58.4 Å². The minimum Gasteiger partial charge on any atom is -0.444 e. The van der Waals surface area contributed by atoms with E-state index < -0.39 is 23.8 Å². The summed E-state index contributed by atoms with van der Waals surface area (Å²) >= 11 is 0. The third kappa shape index (κ3) is 8.99. The fourth-order valence-electron chi connectivity index (χ4n) is 3.83. The number of nitrogens with zero attached hydrogens (tertiary/aromatic N) is 1. The summed E-state index contributed by atoms with van der Waals surface area (Å²) in [5.41, 5.74) is 1.22. The number of aryl methyl sites for hydroxylation is 1. The van der Waals surface area contributed by atoms with Crippen molar-refractivity contribution in [3.8, 4) is 0 Å². The van der Waals surface area contributed by atoms with Crippen molar-refractivity contribution in [2.45, 2.75) is 105 Å². The minimum absolute atomic E-state index is 0.00972. The van der Waals surface area contributed by atoms with Crippen molar-refractivity contribution in [3.63, 3.8) is 0 Å². The lowest BCUT2D eigenvalue weighted by Crippen LogP contribution is -2.55. The van der Waals surface area contributed by atoms with E-state index in [0.717, 1.165) is 30.4 Å². The summed E-state index contributed by atoms with van der Waals surface area (Å²) in [5, 5.41) is 5.80. The van der Waals surface area contributed by atoms with Gasteiger partial charge in [0.05, 0.1) is 0 Å². The van der Waals surface area contributed by atoms with Gasteiger partial charge in [-0.3, -0.25) is 9.59 Å². The Morgan fingerprint density at radius 1 is 0.971 bits per heavy atom. The maximum absolute atomic E-state index is 13.7. The number of benzene rings is 1. The molecule has 1 aromatic rings. The predicted molar refractivity (Wildman–Crippen MR) is 136 cm³/mol. The molecule has 0 bridgehead atoms. The molecule has 7 nitrogen and oxygen atoms in total. The van der Waals surface area contributed by atoms with Gasteiger partial charge in [0.15, 0.2) is 0 Å². The second-order valence-corrected chi connectivity index (χ2v) is 10.2. The highest BCUT2D eigenvalue weighted by atomic mass is 16.6. The molecule has 0 fully saturated rings. The third-order valence-corrected chi connectivity index (χ3v) is 5.60. The van der Waals surface area contributed by atoms with Crippen molar-refractivity contribution < 1.29 is 19.1 Å². The molecule has 0 aliphatic rings. The van der Waals surface area contributed by atoms with Gasteiger partial charge in [-0.25, -0.2) is 4.79 Å². The maximum Gasteiger partial charge on any atom is 0.408 e. The highest BCUT2D eigenvalue weighted by molar-refractivity contribution is 5.92. The summed E-state index contributed by atoms with van der Waals surface area (Å²) in [6.45, 7) is 17.3. The molecule has 7 heteroatoms. The van der Waals surface area contributed by atoms with Gasteiger partial charge in [0.25, 0.3) is 0 Å². The van der Waals surface area contributed by atoms with Crippen LogP contribution in [0.5, 0.6) is 0 Å². The van der Waals surface area contributed by atoms with E-state index in [4.69, 9.17) is 4.74 Å². The molecule has 192 valence electrons. The average Bonchev–Trinajstić information content (AvgIpc) is 2.74. The van der Waals surface area contributed by atoms with Crippen LogP contribution in [0, 0.1) is 5.92 Å². The van der Waals surface area contributed by atoms with E-state index in [2.05, 4.69) is 24.5 Å². The first-order valence-electron chi connectivity index (χ1n) is 12.5. The lowest BCUT2D eigenvalue weighted by molar-refractivity contribution is -0.143. The number of hydrogen-bond acceptors (Lipinski definition) is 4. The monoisotopic (exact) mass is 475 g/mol. The van der Waals surface area contributed by atoms with E-state index in [1.54, 1.807) is 25.7 Å². The third-order valence-electron chi connectivity index (χ3n) is 5.60. The molecule has 3 atom stereocenters. The van der Waals surface area contributed by atoms with Crippen LogP contribution in [0.3, 0.4) is 0 Å². The van der Waals surface area contributed by atoms with Crippen LogP contribution in [0.25, 0.3) is 0 Å². The number of amides is 3. The Morgan fingerprint density at radius 3 is 2.00 bits per heavy atom. The van der Waals surface area contributed by atoms with Gasteiger partial charge in [0.1, 0.15) is 17.7 Å². The molecule has 0 aliphatic heterocycles. The average molecular weight is 476 g/mol. The standard InChI is InChI=1S/C27H45N3O4/c1-10-13-19(6)28-24(31)23(21-16-14-20(11-2)15-17-21)30(12-3)25(32)22(18(4)5)29-26(33)34-27(7,8)9/h14-19,22-23H,10-13H2,1-9H3,(H,28,31)(H,29,33). The van der Waals surface area contributed by atoms with Crippen molar-refractivity contribution in [3.05, 3.63) is 35.4 Å². The first-order valence-corrected chi connectivity index (χ1v) is 12.5. The lowest BCUT2D eigenvalue weighted by Gasteiger charge is -2.35. The topological polar surface area (TPSA) is 87.7 Å². The van der Waals surface area contributed by atoms with Crippen LogP contribution in [-0.4, -0.2) is 47.0 Å². The number of ether oxygens (including phenoxy) is 1. The molecular formula is C27H45N3O4. The smallest absolute Gasteiger partial charge is 0.408 e. The van der Waals surface area contributed by atoms with Crippen LogP contribution in [0.1, 0.15) is 92.3 Å². The van der Waals surface area contributed by atoms with Crippen molar-refractivity contribution in [1.29, 1.82) is 0 Å². The number of carbonyl (C=O) groups excluding carboxylic acids is 3. The highest BCUT2D eigenvalue weighted by Gasteiger charge is 2.37. The molecule has 1 aromatic carbocycles. The molecule has 2 N–H and O–H groups in total. The summed E-state index contributed by atoms with van der Waals surface area (Å²) in [6.07, 6.45) is 2.03. The van der Waals surface area contributed by atoms with E-state index in [1.807, 2.05) is 52.0 Å². The molecule has 0 aromatic heterocycles. The molecule has 0 radical (unpaired) electrons. The van der Waals surface area contributed by atoms with Crippen molar-refractivity contribution in [1.82, 2.24) is 15.5 Å². The molecule has 3 amide bonds. The number of likely N-dealkylation sites (N-methyl/N-ethyl adjacent to an activating group) is 1. The summed E-state index contributed by atoms with van der Waals surface area (Å²) < 4.78 is 5.38. The molecule has 0 heterocycles. The quantitative estimate of drug-likeness (QED) is 0.472. The Balaban J connectivity index is 3.33. The summed E-state index contributed by atoms with van der Waals surface area (Å²) in [5.74, 6) is -0.731. The summed E-state index contributed by atoms with van der Waals surface area (Å²) in [4.78, 5) is 41.2. The van der Waals surface area contributed by atoms with Crippen molar-refractivity contribution in [2.24, 2.45) is 5.92 Å². The van der Waals surface area contributed by atoms with Crippen molar-refractivity contribution in [2.75, 3.05) is 6.54 Å². The zero-order valence-corrected chi connectivity index (χ0v) is 22.5. The van der Waals surface area contributed by atoms with Crippen molar-refractivity contribution >= 4 is 17.9 Å². The molecule has 1 rings (SSSR count). The largest absolute Gasteiger partial charge is 0.444 e. The van der Waals surface area contributed by atoms with Crippen LogP contribution in [0.2, 0.25) is 0 Å². The van der Waals surface area contributed by atoms with Gasteiger partial charge in [-0.2, -0.15) is 0 Å². The molecular weight excluding hydrogens is 430 g/mol. The van der Waals surface area contributed by atoms with E-state index >= 15 is 0 Å². The van der Waals surface area contributed by atoms with Crippen LogP contribution < -0.4 is 10.6 Å². The number of carbonyl (C=O) groups is 3. The normalized spacial score (nSPS) is 14.2. The van der Waals surface area contributed by atoms with Gasteiger partial charge in [-0.05, 0) is 64.5 Å². The fraction of sp³-hybridized carbons (Fsp3) is 0.667. The van der Waals surface area contributed by atoms with Crippen LogP contribution in [0.4, 0.5) is 4.79 Å². The Hall–Kier alpha value is -2.57. The number of rotatable bonds is 11. The zero-order chi connectivity index (χ0) is 26.1. The second kappa shape index (κ2) is 13.4. The van der Waals surface area contributed by atoms with Gasteiger partial charge < -0.3 is 20.3 Å². The van der Waals surface area contributed by atoms with Gasteiger partial charge in [0.2, 0.25) is 11.8 Å². The van der Waals surface area contributed by atoms with Gasteiger partial charge in [0, 0.05) is 12.6 Å². The lowest BCUT2D eigenvalue weighted by atomic mass is 9.97. The van der Waals surface area contributed by atoms with Crippen LogP contribution >= 0.6 is 0 Å². The molecule has 3 unspecified atom stereocenters. The van der Waals surface area contributed by atoms with Gasteiger partial charge >= 0.3 is 6.09 Å². The zero-order valence-electron chi connectivity index (χ0n) is 22.5. The number of nitrogens with one attached hydrogen (secondary N) is 2. The molecule has 0 saturated heterocycles. The van der Waals surface area contributed by atoms with Crippen LogP contribution in [-0.2, 0) is 20.7 Å². The molecule has 0 spiro atoms. The molecule has 0 aliphatic carbocycles. The second-order valence-electron chi connectivity index (χ2n) is 10.2. The Bertz CT molecular complexity index is 799. The van der Waals surface area contributed by atoms with E-state index in [1.165, 1.54) is 0 Å². The first-order chi connectivity index (χ1) is 15.8. The SMILES string of the molecule is CCCC(C)NC(=O)C(c1ccc(CC)cc1)N(CC)C(=O)C(NC(=O)OC(C)(C)C)C(C)C. The summed E-state index contributed by atoms with van der Waals surface area (Å²) in [6, 6.07) is 6.16. The van der Waals surface area contributed by atoms with Crippen LogP contribution in [0.15, 0.2) is 24.3 Å². The number of hydrogen-bond donors (Lipinski definition) is 2. The van der Waals surface area contributed by atoms with E-state index in [0.29, 0.717) is 6.54 Å². The van der Waals surface area contributed by atoms with E-state index in [9.17, 15) is 14.4 Å². The Morgan fingerprint density at radius 2 is 1.56 bits per heavy atom. The van der Waals surface area contributed by atoms with Gasteiger partial charge in [-0.15, -0.1) is 0 Å². The first kappa shape index (κ1) is 29.5. The Kier molecular flexibility index (Phi) is 11.6. The Labute approximate surface area is 206 Å². The molecule has 0 saturated carbocycles. The maximum atomic E-state index is 13.7. The molecule has 34 heavy (non-hydrogen) atoms. The predicted octanol–water partition coefficient (Wildman–Crippen LogP) is 4.99. The fourth-order valence-corrected chi connectivity index (χ4v) is 3.83. The summed E-state index contributed by atoms with van der Waals surface area (Å²) in [7, 11) is 0. The minimum atomic E-state index is -0.826. The number of alkyl carbamates (subject to hydrolysis) is 1. The van der Waals surface area contributed by atoms with E-state index in [-0.39, 0.29) is 23.8 Å².